The van der Waals surface area contributed by atoms with Crippen molar-refractivity contribution in [2.24, 2.45) is 0 Å². The van der Waals surface area contributed by atoms with Crippen molar-refractivity contribution in [1.29, 1.82) is 0 Å². The molecular weight excluding hydrogens is 503 g/mol. The third-order valence-corrected chi connectivity index (χ3v) is 7.79. The second-order valence-corrected chi connectivity index (χ2v) is 10.4. The molecule has 1 aliphatic heterocycles. The summed E-state index contributed by atoms with van der Waals surface area (Å²) in [6, 6.07) is 19.4. The molecule has 0 spiro atoms. The lowest BCUT2D eigenvalue weighted by atomic mass is 10.1. The molecule has 11 heteroatoms. The molecule has 5 N–H and O–H groups in total. The molecule has 1 unspecified atom stereocenters. The molecule has 2 aromatic carbocycles. The van der Waals surface area contributed by atoms with Crippen LogP contribution in [0.25, 0.3) is 0 Å². The molecule has 1 saturated heterocycles. The first-order valence-electron chi connectivity index (χ1n) is 12.4. The molecule has 1 fully saturated rings. The maximum absolute atomic E-state index is 13.2. The second kappa shape index (κ2) is 12.1. The summed E-state index contributed by atoms with van der Waals surface area (Å²) in [5.41, 5.74) is 8.43. The summed E-state index contributed by atoms with van der Waals surface area (Å²) in [6.45, 7) is 2.17. The molecule has 1 atom stereocenters. The van der Waals surface area contributed by atoms with Gasteiger partial charge in [0.2, 0.25) is 5.95 Å². The lowest BCUT2D eigenvalue weighted by molar-refractivity contribution is 0.299. The van der Waals surface area contributed by atoms with Crippen LogP contribution >= 0.6 is 0 Å². The van der Waals surface area contributed by atoms with Gasteiger partial charge in [0, 0.05) is 55.0 Å². The minimum Gasteiger partial charge on any atom is -0.383 e. The van der Waals surface area contributed by atoms with Crippen molar-refractivity contribution in [3.63, 3.8) is 0 Å². The van der Waals surface area contributed by atoms with Gasteiger partial charge in [0.1, 0.15) is 28.4 Å². The van der Waals surface area contributed by atoms with Gasteiger partial charge in [0.25, 0.3) is 0 Å². The van der Waals surface area contributed by atoms with Crippen molar-refractivity contribution in [3.05, 3.63) is 90.5 Å². The summed E-state index contributed by atoms with van der Waals surface area (Å²) >= 11 is 0. The quantitative estimate of drug-likeness (QED) is 0.251. The van der Waals surface area contributed by atoms with Crippen LogP contribution in [0.15, 0.2) is 84.0 Å². The summed E-state index contributed by atoms with van der Waals surface area (Å²) in [4.78, 5) is 13.6. The number of halogens is 1. The van der Waals surface area contributed by atoms with Gasteiger partial charge < -0.3 is 21.7 Å². The number of nitrogens with zero attached hydrogens (tertiary/aromatic N) is 4. The molecule has 2 aromatic heterocycles. The zero-order valence-electron chi connectivity index (χ0n) is 20.7. The number of nitrogens with two attached hydrogens (primary N) is 1. The maximum atomic E-state index is 13.2. The zero-order valence-corrected chi connectivity index (χ0v) is 21.5. The fourth-order valence-corrected chi connectivity index (χ4v) is 5.39. The first-order valence-corrected chi connectivity index (χ1v) is 13.5. The van der Waals surface area contributed by atoms with E-state index in [1.54, 1.807) is 30.6 Å². The summed E-state index contributed by atoms with van der Waals surface area (Å²) in [5, 5.41) is 9.83. The van der Waals surface area contributed by atoms with Gasteiger partial charge in [-0.05, 0) is 73.5 Å². The SMILES string of the molecule is Nc1ncccc1CNC1CCN(S(=O)c2ccc(Nc3nccc(Nc4ccc(F)cc4)n3)cc2)CC1. The summed E-state index contributed by atoms with van der Waals surface area (Å²) < 4.78 is 28.3. The average molecular weight is 533 g/mol. The Morgan fingerprint density at radius 2 is 1.63 bits per heavy atom. The molecule has 5 rings (SSSR count). The fourth-order valence-electron chi connectivity index (χ4n) is 4.18. The summed E-state index contributed by atoms with van der Waals surface area (Å²) in [6.07, 6.45) is 5.14. The molecule has 0 radical (unpaired) electrons. The molecule has 4 aromatic rings. The Hall–Kier alpha value is -3.93. The van der Waals surface area contributed by atoms with Gasteiger partial charge in [-0.2, -0.15) is 4.98 Å². The van der Waals surface area contributed by atoms with Gasteiger partial charge >= 0.3 is 0 Å². The molecule has 196 valence electrons. The number of benzene rings is 2. The van der Waals surface area contributed by atoms with Gasteiger partial charge in [-0.25, -0.2) is 22.9 Å². The number of pyridine rings is 1. The predicted molar refractivity (Wildman–Crippen MR) is 148 cm³/mol. The van der Waals surface area contributed by atoms with Crippen LogP contribution in [0, 0.1) is 5.82 Å². The highest BCUT2D eigenvalue weighted by Crippen LogP contribution is 2.22. The van der Waals surface area contributed by atoms with E-state index in [-0.39, 0.29) is 5.82 Å². The molecule has 0 amide bonds. The molecule has 9 nitrogen and oxygen atoms in total. The van der Waals surface area contributed by atoms with E-state index < -0.39 is 11.0 Å². The van der Waals surface area contributed by atoms with Crippen LogP contribution in [-0.2, 0) is 17.5 Å². The normalized spacial score (nSPS) is 15.2. The number of hydrogen-bond acceptors (Lipinski definition) is 8. The Morgan fingerprint density at radius 1 is 0.921 bits per heavy atom. The van der Waals surface area contributed by atoms with Crippen LogP contribution in [0.5, 0.6) is 0 Å². The van der Waals surface area contributed by atoms with E-state index in [9.17, 15) is 8.60 Å². The van der Waals surface area contributed by atoms with Crippen LogP contribution in [0.4, 0.5) is 33.3 Å². The van der Waals surface area contributed by atoms with Gasteiger partial charge in [0.15, 0.2) is 0 Å². The lowest BCUT2D eigenvalue weighted by Gasteiger charge is -2.31. The first kappa shape index (κ1) is 25.7. The molecular formula is C27H29FN8OS. The van der Waals surface area contributed by atoms with E-state index in [0.29, 0.717) is 30.2 Å². The third kappa shape index (κ3) is 6.68. The number of anilines is 5. The highest BCUT2D eigenvalue weighted by atomic mass is 32.2. The van der Waals surface area contributed by atoms with Gasteiger partial charge in [0.05, 0.1) is 4.90 Å². The molecule has 38 heavy (non-hydrogen) atoms. The third-order valence-electron chi connectivity index (χ3n) is 6.28. The highest BCUT2D eigenvalue weighted by molar-refractivity contribution is 7.82. The summed E-state index contributed by atoms with van der Waals surface area (Å²) in [7, 11) is -1.23. The van der Waals surface area contributed by atoms with Crippen LogP contribution in [0.2, 0.25) is 0 Å². The standard InChI is InChI=1S/C27H29FN8OS/c28-20-3-5-22(6-4-20)33-25-11-15-31-27(35-25)34-23-7-9-24(10-8-23)38(37)36-16-12-21(13-17-36)32-18-19-2-1-14-30-26(19)29/h1-11,14-15,21,32H,12-13,16-18H2,(H2,29,30)(H2,31,33,34,35). The van der Waals surface area contributed by atoms with Crippen molar-refractivity contribution in [1.82, 2.24) is 24.6 Å². The van der Waals surface area contributed by atoms with Gasteiger partial charge in [-0.1, -0.05) is 6.07 Å². The lowest BCUT2D eigenvalue weighted by Crippen LogP contribution is -2.42. The largest absolute Gasteiger partial charge is 0.383 e. The van der Waals surface area contributed by atoms with Crippen molar-refractivity contribution >= 4 is 39.9 Å². The Labute approximate surface area is 223 Å². The number of nitrogen functional groups attached to an aromatic ring is 1. The maximum Gasteiger partial charge on any atom is 0.229 e. The minimum absolute atomic E-state index is 0.297. The van der Waals surface area contributed by atoms with Crippen molar-refractivity contribution in [3.8, 4) is 0 Å². The Bertz CT molecular complexity index is 1380. The first-order chi connectivity index (χ1) is 18.5. The molecule has 3 heterocycles. The van der Waals surface area contributed by atoms with E-state index in [1.165, 1.54) is 12.1 Å². The Kier molecular flexibility index (Phi) is 8.17. The minimum atomic E-state index is -1.23. The van der Waals surface area contributed by atoms with E-state index >= 15 is 0 Å². The number of aromatic nitrogens is 3. The molecule has 0 saturated carbocycles. The van der Waals surface area contributed by atoms with Crippen LogP contribution in [0.3, 0.4) is 0 Å². The van der Waals surface area contributed by atoms with Crippen molar-refractivity contribution in [2.75, 3.05) is 29.5 Å². The van der Waals surface area contributed by atoms with E-state index in [1.807, 2.05) is 40.7 Å². The number of piperidine rings is 1. The fraction of sp³-hybridized carbons (Fsp3) is 0.222. The highest BCUT2D eigenvalue weighted by Gasteiger charge is 2.23. The number of hydrogen-bond donors (Lipinski definition) is 4. The van der Waals surface area contributed by atoms with E-state index in [2.05, 4.69) is 30.9 Å². The number of rotatable bonds is 9. The molecule has 0 aliphatic carbocycles. The molecule has 1 aliphatic rings. The van der Waals surface area contributed by atoms with Crippen molar-refractivity contribution < 1.29 is 8.60 Å². The topological polar surface area (TPSA) is 121 Å². The monoisotopic (exact) mass is 532 g/mol. The van der Waals surface area contributed by atoms with E-state index in [4.69, 9.17) is 5.73 Å². The van der Waals surface area contributed by atoms with Gasteiger partial charge in [-0.3, -0.25) is 0 Å². The number of nitrogens with one attached hydrogen (secondary N) is 3. The second-order valence-electron chi connectivity index (χ2n) is 8.93. The Morgan fingerprint density at radius 3 is 2.37 bits per heavy atom. The van der Waals surface area contributed by atoms with E-state index in [0.717, 1.165) is 47.8 Å². The van der Waals surface area contributed by atoms with Crippen LogP contribution < -0.4 is 21.7 Å². The van der Waals surface area contributed by atoms with Crippen LogP contribution in [-0.4, -0.2) is 42.6 Å². The Balaban J connectivity index is 1.12. The summed E-state index contributed by atoms with van der Waals surface area (Å²) in [5.74, 6) is 1.24. The van der Waals surface area contributed by atoms with Crippen LogP contribution in [0.1, 0.15) is 18.4 Å². The molecule has 0 bridgehead atoms. The average Bonchev–Trinajstić information content (AvgIpc) is 2.94. The zero-order chi connectivity index (χ0) is 26.3. The van der Waals surface area contributed by atoms with Gasteiger partial charge in [-0.15, -0.1) is 0 Å². The van der Waals surface area contributed by atoms with Crippen molar-refractivity contribution in [2.45, 2.75) is 30.3 Å². The smallest absolute Gasteiger partial charge is 0.229 e. The predicted octanol–water partition coefficient (Wildman–Crippen LogP) is 4.36.